The highest BCUT2D eigenvalue weighted by molar-refractivity contribution is 5.99. The van der Waals surface area contributed by atoms with Crippen LogP contribution in [0, 0.1) is 11.6 Å². The highest BCUT2D eigenvalue weighted by Gasteiger charge is 2.22. The number of nitrogens with one attached hydrogen (secondary N) is 2. The molecule has 0 aliphatic carbocycles. The average Bonchev–Trinajstić information content (AvgIpc) is 3.21. The zero-order valence-corrected chi connectivity index (χ0v) is 18.7. The second-order valence-corrected chi connectivity index (χ2v) is 8.44. The smallest absolute Gasteiger partial charge is 0.324 e. The van der Waals surface area contributed by atoms with Gasteiger partial charge in [0.1, 0.15) is 29.0 Å². The number of anilines is 2. The number of pyridine rings is 2. The molecule has 0 aliphatic heterocycles. The third kappa shape index (κ3) is 5.34. The zero-order valence-electron chi connectivity index (χ0n) is 18.7. The lowest BCUT2D eigenvalue weighted by atomic mass is 9.92. The molecule has 0 saturated carbocycles. The van der Waals surface area contributed by atoms with Gasteiger partial charge in [0.05, 0.1) is 29.5 Å². The Balaban J connectivity index is 1.53. The SMILES string of the molecule is CC(C)(C)c1cc(NC(=O)Nc2ccc(Oc3ccncc3)cc2F)n(-c2cncc(F)c2)n1. The van der Waals surface area contributed by atoms with Crippen molar-refractivity contribution in [2.75, 3.05) is 10.6 Å². The average molecular weight is 464 g/mol. The van der Waals surface area contributed by atoms with Gasteiger partial charge in [0.25, 0.3) is 0 Å². The first-order valence-corrected chi connectivity index (χ1v) is 10.4. The molecule has 0 bridgehead atoms. The minimum atomic E-state index is -0.701. The highest BCUT2D eigenvalue weighted by Crippen LogP contribution is 2.28. The van der Waals surface area contributed by atoms with Crippen molar-refractivity contribution >= 4 is 17.5 Å². The van der Waals surface area contributed by atoms with E-state index in [0.29, 0.717) is 17.1 Å². The van der Waals surface area contributed by atoms with Crippen LogP contribution < -0.4 is 15.4 Å². The summed E-state index contributed by atoms with van der Waals surface area (Å²) in [6.45, 7) is 5.87. The summed E-state index contributed by atoms with van der Waals surface area (Å²) < 4.78 is 35.3. The van der Waals surface area contributed by atoms with Crippen molar-refractivity contribution in [1.82, 2.24) is 19.7 Å². The molecule has 3 aromatic heterocycles. The molecule has 0 spiro atoms. The van der Waals surface area contributed by atoms with Gasteiger partial charge in [0.2, 0.25) is 0 Å². The van der Waals surface area contributed by atoms with Crippen LogP contribution in [-0.4, -0.2) is 25.8 Å². The van der Waals surface area contributed by atoms with Gasteiger partial charge in [-0.1, -0.05) is 20.8 Å². The molecule has 8 nitrogen and oxygen atoms in total. The first kappa shape index (κ1) is 22.8. The van der Waals surface area contributed by atoms with Gasteiger partial charge in [0, 0.05) is 36.0 Å². The number of aromatic nitrogens is 4. The van der Waals surface area contributed by atoms with E-state index >= 15 is 0 Å². The van der Waals surface area contributed by atoms with E-state index in [0.717, 1.165) is 12.3 Å². The number of carbonyl (C=O) groups excluding carboxylic acids is 1. The number of carbonyl (C=O) groups is 1. The Morgan fingerprint density at radius 3 is 2.38 bits per heavy atom. The predicted octanol–water partition coefficient (Wildman–Crippen LogP) is 5.67. The molecule has 0 radical (unpaired) electrons. The molecule has 0 aliphatic rings. The van der Waals surface area contributed by atoms with Gasteiger partial charge in [0.15, 0.2) is 0 Å². The fourth-order valence-electron chi connectivity index (χ4n) is 3.02. The number of nitrogens with zero attached hydrogens (tertiary/aromatic N) is 4. The Hall–Kier alpha value is -4.34. The van der Waals surface area contributed by atoms with Crippen molar-refractivity contribution in [3.63, 3.8) is 0 Å². The molecule has 0 saturated heterocycles. The quantitative estimate of drug-likeness (QED) is 0.397. The first-order chi connectivity index (χ1) is 16.2. The van der Waals surface area contributed by atoms with Crippen LogP contribution in [0.3, 0.4) is 0 Å². The van der Waals surface area contributed by atoms with Gasteiger partial charge in [-0.05, 0) is 24.3 Å². The minimum Gasteiger partial charge on any atom is -0.457 e. The van der Waals surface area contributed by atoms with Crippen molar-refractivity contribution in [2.24, 2.45) is 0 Å². The topological polar surface area (TPSA) is 94.0 Å². The van der Waals surface area contributed by atoms with E-state index in [4.69, 9.17) is 4.74 Å². The summed E-state index contributed by atoms with van der Waals surface area (Å²) in [4.78, 5) is 20.4. The summed E-state index contributed by atoms with van der Waals surface area (Å²) in [7, 11) is 0. The maximum absolute atomic E-state index is 14.6. The van der Waals surface area contributed by atoms with E-state index in [2.05, 4.69) is 25.7 Å². The summed E-state index contributed by atoms with van der Waals surface area (Å²) in [6, 6.07) is 9.58. The third-order valence-corrected chi connectivity index (χ3v) is 4.73. The van der Waals surface area contributed by atoms with E-state index in [1.807, 2.05) is 20.8 Å². The summed E-state index contributed by atoms with van der Waals surface area (Å²) in [5, 5.41) is 9.61. The summed E-state index contributed by atoms with van der Waals surface area (Å²) in [5.74, 6) is -0.187. The van der Waals surface area contributed by atoms with Crippen LogP contribution in [0.25, 0.3) is 5.69 Å². The van der Waals surface area contributed by atoms with E-state index < -0.39 is 17.7 Å². The van der Waals surface area contributed by atoms with E-state index in [-0.39, 0.29) is 22.7 Å². The second kappa shape index (κ2) is 9.26. The molecule has 0 atom stereocenters. The van der Waals surface area contributed by atoms with Crippen molar-refractivity contribution in [3.05, 3.63) is 84.6 Å². The van der Waals surface area contributed by atoms with Crippen LogP contribution in [0.2, 0.25) is 0 Å². The molecular formula is C24H22F2N6O2. The standard InChI is InChI=1S/C24H22F2N6O2/c1-24(2,3)21-12-22(32(31-21)16-10-15(25)13-28-14-16)30-23(33)29-20-5-4-18(11-19(20)26)34-17-6-8-27-9-7-17/h4-14H,1-3H3,(H2,29,30,33). The van der Waals surface area contributed by atoms with Gasteiger partial charge in [-0.2, -0.15) is 5.10 Å². The Labute approximate surface area is 194 Å². The van der Waals surface area contributed by atoms with E-state index in [9.17, 15) is 13.6 Å². The minimum absolute atomic E-state index is 0.0471. The number of amides is 2. The summed E-state index contributed by atoms with van der Waals surface area (Å²) in [5.41, 5.74) is 0.606. The molecule has 2 amide bonds. The van der Waals surface area contributed by atoms with Crippen molar-refractivity contribution in [2.45, 2.75) is 26.2 Å². The van der Waals surface area contributed by atoms with Gasteiger partial charge in [-0.15, -0.1) is 0 Å². The Morgan fingerprint density at radius 2 is 1.71 bits per heavy atom. The largest absolute Gasteiger partial charge is 0.457 e. The molecule has 0 fully saturated rings. The Kier molecular flexibility index (Phi) is 6.22. The van der Waals surface area contributed by atoms with Crippen LogP contribution >= 0.6 is 0 Å². The second-order valence-electron chi connectivity index (χ2n) is 8.44. The molecule has 1 aromatic carbocycles. The molecule has 34 heavy (non-hydrogen) atoms. The highest BCUT2D eigenvalue weighted by atomic mass is 19.1. The van der Waals surface area contributed by atoms with Crippen LogP contribution in [0.5, 0.6) is 11.5 Å². The van der Waals surface area contributed by atoms with Crippen LogP contribution in [0.15, 0.2) is 67.3 Å². The number of urea groups is 1. The van der Waals surface area contributed by atoms with Crippen molar-refractivity contribution in [3.8, 4) is 17.2 Å². The maximum Gasteiger partial charge on any atom is 0.324 e. The number of hydrogen-bond donors (Lipinski definition) is 2. The lowest BCUT2D eigenvalue weighted by molar-refractivity contribution is 0.262. The molecule has 174 valence electrons. The predicted molar refractivity (Wildman–Crippen MR) is 123 cm³/mol. The summed E-state index contributed by atoms with van der Waals surface area (Å²) in [6.07, 6.45) is 5.61. The van der Waals surface area contributed by atoms with Crippen LogP contribution in [-0.2, 0) is 5.41 Å². The molecule has 0 unspecified atom stereocenters. The third-order valence-electron chi connectivity index (χ3n) is 4.73. The van der Waals surface area contributed by atoms with Gasteiger partial charge in [-0.25, -0.2) is 18.3 Å². The fraction of sp³-hybridized carbons (Fsp3) is 0.167. The lowest BCUT2D eigenvalue weighted by Gasteiger charge is -2.14. The lowest BCUT2D eigenvalue weighted by Crippen LogP contribution is -2.22. The van der Waals surface area contributed by atoms with Gasteiger partial charge in [-0.3, -0.25) is 15.3 Å². The molecule has 10 heteroatoms. The molecule has 4 aromatic rings. The van der Waals surface area contributed by atoms with Crippen LogP contribution in [0.4, 0.5) is 25.1 Å². The monoisotopic (exact) mass is 464 g/mol. The molecule has 4 rings (SSSR count). The maximum atomic E-state index is 14.6. The number of rotatable bonds is 5. The van der Waals surface area contributed by atoms with E-state index in [1.54, 1.807) is 30.6 Å². The summed E-state index contributed by atoms with van der Waals surface area (Å²) >= 11 is 0. The van der Waals surface area contributed by atoms with E-state index in [1.165, 1.54) is 29.1 Å². The first-order valence-electron chi connectivity index (χ1n) is 10.4. The van der Waals surface area contributed by atoms with Crippen LogP contribution in [0.1, 0.15) is 26.5 Å². The number of benzene rings is 1. The van der Waals surface area contributed by atoms with Crippen molar-refractivity contribution < 1.29 is 18.3 Å². The molecule has 2 N–H and O–H groups in total. The number of hydrogen-bond acceptors (Lipinski definition) is 5. The number of ether oxygens (including phenoxy) is 1. The Bertz CT molecular complexity index is 1320. The van der Waals surface area contributed by atoms with Crippen molar-refractivity contribution in [1.29, 1.82) is 0 Å². The Morgan fingerprint density at radius 1 is 0.941 bits per heavy atom. The molecular weight excluding hydrogens is 442 g/mol. The molecule has 3 heterocycles. The number of halogens is 2. The van der Waals surface area contributed by atoms with Gasteiger partial charge >= 0.3 is 6.03 Å². The normalized spacial score (nSPS) is 11.2. The zero-order chi connectivity index (χ0) is 24.3. The van der Waals surface area contributed by atoms with Gasteiger partial charge < -0.3 is 10.1 Å². The fourth-order valence-corrected chi connectivity index (χ4v) is 3.02.